The molecule has 0 saturated heterocycles. The highest BCUT2D eigenvalue weighted by molar-refractivity contribution is 5.41. The van der Waals surface area contributed by atoms with Gasteiger partial charge in [0, 0.05) is 0 Å². The standard InChI is InChI=1S/C9H18N6O6/c1-17-13(6-16)7-10-8(14(18-2)19-3)12-9(11-7)15(20-4)21-5/h16H,6H2,1-5H3. The number of rotatable bonds is 9. The van der Waals surface area contributed by atoms with Gasteiger partial charge in [-0.05, 0) is 0 Å². The first kappa shape index (κ1) is 17.2. The van der Waals surface area contributed by atoms with Crippen LogP contribution in [-0.2, 0) is 24.2 Å². The molecule has 0 aromatic carbocycles. The largest absolute Gasteiger partial charge is 0.374 e. The van der Waals surface area contributed by atoms with Crippen LogP contribution in [0.2, 0.25) is 0 Å². The van der Waals surface area contributed by atoms with Crippen molar-refractivity contribution in [2.75, 3.05) is 57.8 Å². The van der Waals surface area contributed by atoms with Gasteiger partial charge in [-0.3, -0.25) is 4.84 Å². The lowest BCUT2D eigenvalue weighted by molar-refractivity contribution is -0.0526. The van der Waals surface area contributed by atoms with E-state index in [1.807, 2.05) is 0 Å². The highest BCUT2D eigenvalue weighted by Gasteiger charge is 2.21. The third kappa shape index (κ3) is 4.07. The molecule has 0 atom stereocenters. The summed E-state index contributed by atoms with van der Waals surface area (Å²) in [5, 5.41) is 12.1. The molecule has 0 spiro atoms. The van der Waals surface area contributed by atoms with Crippen molar-refractivity contribution in [3.8, 4) is 0 Å². The molecular formula is C9H18N6O6. The molecule has 0 aliphatic heterocycles. The molecule has 1 rings (SSSR count). The smallest absolute Gasteiger partial charge is 0.284 e. The quantitative estimate of drug-likeness (QED) is 0.448. The molecule has 0 saturated carbocycles. The molecule has 0 bridgehead atoms. The Balaban J connectivity index is 3.30. The van der Waals surface area contributed by atoms with Gasteiger partial charge < -0.3 is 5.11 Å². The van der Waals surface area contributed by atoms with E-state index in [1.54, 1.807) is 0 Å². The van der Waals surface area contributed by atoms with Crippen LogP contribution in [-0.4, -0.2) is 62.3 Å². The van der Waals surface area contributed by atoms with Crippen molar-refractivity contribution in [2.45, 2.75) is 0 Å². The highest BCUT2D eigenvalue weighted by atomic mass is 16.9. The van der Waals surface area contributed by atoms with Crippen LogP contribution in [0.25, 0.3) is 0 Å². The molecule has 12 heteroatoms. The molecule has 120 valence electrons. The zero-order valence-electron chi connectivity index (χ0n) is 12.4. The zero-order valence-corrected chi connectivity index (χ0v) is 12.4. The summed E-state index contributed by atoms with van der Waals surface area (Å²) in [6, 6.07) is 0. The van der Waals surface area contributed by atoms with Gasteiger partial charge in [0.05, 0.1) is 35.5 Å². The van der Waals surface area contributed by atoms with Crippen LogP contribution in [0.15, 0.2) is 0 Å². The SMILES string of the molecule is CON(CO)c1nc(N(OC)OC)nc(N(OC)OC)n1. The number of hydrogen-bond donors (Lipinski definition) is 1. The van der Waals surface area contributed by atoms with Gasteiger partial charge in [0.2, 0.25) is 0 Å². The second kappa shape index (κ2) is 8.46. The Bertz CT molecular complexity index is 351. The first-order valence-corrected chi connectivity index (χ1v) is 5.60. The Kier molecular flexibility index (Phi) is 6.93. The molecule has 0 aliphatic rings. The predicted octanol–water partition coefficient (Wildman–Crippen LogP) is -0.952. The van der Waals surface area contributed by atoms with Gasteiger partial charge >= 0.3 is 0 Å². The van der Waals surface area contributed by atoms with Crippen LogP contribution in [0.1, 0.15) is 0 Å². The Morgan fingerprint density at radius 1 is 0.714 bits per heavy atom. The molecule has 12 nitrogen and oxygen atoms in total. The minimum absolute atomic E-state index is 0.0156. The first-order valence-electron chi connectivity index (χ1n) is 5.60. The van der Waals surface area contributed by atoms with Crippen LogP contribution >= 0.6 is 0 Å². The van der Waals surface area contributed by atoms with Crippen LogP contribution in [0.5, 0.6) is 0 Å². The summed E-state index contributed by atoms with van der Waals surface area (Å²) in [5.41, 5.74) is 0. The fourth-order valence-electron chi connectivity index (χ4n) is 1.30. The van der Waals surface area contributed by atoms with Crippen molar-refractivity contribution in [1.29, 1.82) is 0 Å². The second-order valence-electron chi connectivity index (χ2n) is 3.18. The van der Waals surface area contributed by atoms with Crippen LogP contribution in [0, 0.1) is 0 Å². The van der Waals surface area contributed by atoms with E-state index in [-0.39, 0.29) is 17.8 Å². The van der Waals surface area contributed by atoms with E-state index >= 15 is 0 Å². The van der Waals surface area contributed by atoms with Crippen molar-refractivity contribution in [3.63, 3.8) is 0 Å². The summed E-state index contributed by atoms with van der Waals surface area (Å²) in [7, 11) is 6.77. The van der Waals surface area contributed by atoms with Crippen molar-refractivity contribution in [2.24, 2.45) is 0 Å². The number of aromatic nitrogens is 3. The van der Waals surface area contributed by atoms with Crippen molar-refractivity contribution < 1.29 is 29.3 Å². The molecule has 1 aromatic heterocycles. The molecule has 0 radical (unpaired) electrons. The minimum atomic E-state index is -0.487. The Labute approximate surface area is 121 Å². The van der Waals surface area contributed by atoms with E-state index in [1.165, 1.54) is 35.5 Å². The molecule has 1 N–H and O–H groups in total. The molecular weight excluding hydrogens is 288 g/mol. The van der Waals surface area contributed by atoms with Crippen LogP contribution in [0.3, 0.4) is 0 Å². The Morgan fingerprint density at radius 3 is 1.38 bits per heavy atom. The monoisotopic (exact) mass is 306 g/mol. The van der Waals surface area contributed by atoms with Crippen LogP contribution < -0.4 is 15.5 Å². The Morgan fingerprint density at radius 2 is 1.10 bits per heavy atom. The van der Waals surface area contributed by atoms with Crippen molar-refractivity contribution in [1.82, 2.24) is 15.0 Å². The lowest BCUT2D eigenvalue weighted by atomic mass is 10.8. The number of aliphatic hydroxyl groups excluding tert-OH is 1. The number of hydroxylamine groups is 1. The normalized spacial score (nSPS) is 10.6. The average Bonchev–Trinajstić information content (AvgIpc) is 2.51. The molecule has 21 heavy (non-hydrogen) atoms. The van der Waals surface area contributed by atoms with Gasteiger partial charge in [-0.25, -0.2) is 19.4 Å². The second-order valence-corrected chi connectivity index (χ2v) is 3.18. The third-order valence-corrected chi connectivity index (χ3v) is 2.16. The van der Waals surface area contributed by atoms with Crippen LogP contribution in [0.4, 0.5) is 17.8 Å². The number of aliphatic hydroxyl groups is 1. The van der Waals surface area contributed by atoms with Crippen molar-refractivity contribution in [3.05, 3.63) is 0 Å². The summed E-state index contributed by atoms with van der Waals surface area (Å²) < 4.78 is 0. The predicted molar refractivity (Wildman–Crippen MR) is 69.4 cm³/mol. The van der Waals surface area contributed by atoms with E-state index in [0.717, 1.165) is 15.5 Å². The lowest BCUT2D eigenvalue weighted by Gasteiger charge is -2.22. The van der Waals surface area contributed by atoms with E-state index in [2.05, 4.69) is 15.0 Å². The van der Waals surface area contributed by atoms with Gasteiger partial charge in [-0.2, -0.15) is 20.0 Å². The summed E-state index contributed by atoms with van der Waals surface area (Å²) in [5.74, 6) is -0.0533. The zero-order chi connectivity index (χ0) is 15.8. The summed E-state index contributed by atoms with van der Waals surface area (Å²) in [6.45, 7) is -0.487. The molecule has 0 unspecified atom stereocenters. The van der Waals surface area contributed by atoms with Crippen molar-refractivity contribution >= 4 is 17.8 Å². The van der Waals surface area contributed by atoms with E-state index < -0.39 is 6.73 Å². The van der Waals surface area contributed by atoms with Gasteiger partial charge in [0.1, 0.15) is 6.73 Å². The fraction of sp³-hybridized carbons (Fsp3) is 0.667. The maximum atomic E-state index is 9.22. The van der Waals surface area contributed by atoms with Gasteiger partial charge in [-0.15, -0.1) is 0 Å². The van der Waals surface area contributed by atoms with E-state index in [4.69, 9.17) is 24.2 Å². The van der Waals surface area contributed by atoms with Gasteiger partial charge in [0.15, 0.2) is 0 Å². The average molecular weight is 306 g/mol. The molecule has 0 aliphatic carbocycles. The summed E-state index contributed by atoms with van der Waals surface area (Å²) in [6.07, 6.45) is 0. The van der Waals surface area contributed by atoms with Gasteiger partial charge in [-0.1, -0.05) is 10.5 Å². The topological polar surface area (TPSA) is 115 Å². The third-order valence-electron chi connectivity index (χ3n) is 2.16. The number of nitrogens with zero attached hydrogens (tertiary/aromatic N) is 6. The summed E-state index contributed by atoms with van der Waals surface area (Å²) in [4.78, 5) is 36.7. The molecule has 1 aromatic rings. The van der Waals surface area contributed by atoms with E-state index in [0.29, 0.717) is 0 Å². The fourth-order valence-corrected chi connectivity index (χ4v) is 1.30. The summed E-state index contributed by atoms with van der Waals surface area (Å²) >= 11 is 0. The minimum Gasteiger partial charge on any atom is -0.374 e. The maximum absolute atomic E-state index is 9.22. The molecule has 0 amide bonds. The first-order chi connectivity index (χ1) is 10.1. The molecule has 0 fully saturated rings. The maximum Gasteiger partial charge on any atom is 0.284 e. The highest BCUT2D eigenvalue weighted by Crippen LogP contribution is 2.19. The lowest BCUT2D eigenvalue weighted by Crippen LogP contribution is -2.30. The van der Waals surface area contributed by atoms with E-state index in [9.17, 15) is 5.11 Å². The Hall–Kier alpha value is -1.83. The molecule has 1 heterocycles. The number of anilines is 3. The van der Waals surface area contributed by atoms with Gasteiger partial charge in [0.25, 0.3) is 17.8 Å². The number of hydrogen-bond acceptors (Lipinski definition) is 12.